The Balaban J connectivity index is 2.36. The average molecular weight is 293 g/mol. The van der Waals surface area contributed by atoms with Crippen LogP contribution in [-0.4, -0.2) is 28.5 Å². The van der Waals surface area contributed by atoms with E-state index in [2.05, 4.69) is 5.32 Å². The van der Waals surface area contributed by atoms with Crippen LogP contribution < -0.4 is 10.8 Å². The summed E-state index contributed by atoms with van der Waals surface area (Å²) < 4.78 is 0. The summed E-state index contributed by atoms with van der Waals surface area (Å²) in [5.41, 5.74) is 2.15. The van der Waals surface area contributed by atoms with E-state index in [1.54, 1.807) is 0 Å². The lowest BCUT2D eigenvalue weighted by Gasteiger charge is -2.01. The Morgan fingerprint density at radius 1 is 1.29 bits per heavy atom. The van der Waals surface area contributed by atoms with Gasteiger partial charge in [-0.25, -0.2) is 5.48 Å². The van der Waals surface area contributed by atoms with Gasteiger partial charge in [0, 0.05) is 31.2 Å². The second kappa shape index (κ2) is 8.43. The van der Waals surface area contributed by atoms with Crippen molar-refractivity contribution in [2.45, 2.75) is 12.8 Å². The van der Waals surface area contributed by atoms with Gasteiger partial charge in [-0.05, 0) is 30.2 Å². The molecular weight excluding hydrogens is 278 g/mol. The van der Waals surface area contributed by atoms with E-state index in [9.17, 15) is 19.7 Å². The molecular formula is C13H15N3O5. The van der Waals surface area contributed by atoms with Gasteiger partial charge in [-0.2, -0.15) is 0 Å². The van der Waals surface area contributed by atoms with Gasteiger partial charge in [0.2, 0.25) is 11.8 Å². The first-order valence-electron chi connectivity index (χ1n) is 6.16. The number of nitro benzene ring substituents is 1. The molecule has 0 bridgehead atoms. The van der Waals surface area contributed by atoms with E-state index >= 15 is 0 Å². The molecule has 0 aromatic heterocycles. The molecule has 0 aliphatic rings. The Morgan fingerprint density at radius 3 is 2.52 bits per heavy atom. The van der Waals surface area contributed by atoms with Crippen LogP contribution in [0.5, 0.6) is 0 Å². The lowest BCUT2D eigenvalue weighted by molar-refractivity contribution is -0.384. The van der Waals surface area contributed by atoms with Crippen LogP contribution in [0, 0.1) is 10.1 Å². The topological polar surface area (TPSA) is 122 Å². The van der Waals surface area contributed by atoms with Crippen LogP contribution in [0.2, 0.25) is 0 Å². The van der Waals surface area contributed by atoms with E-state index in [1.807, 2.05) is 0 Å². The number of amides is 2. The van der Waals surface area contributed by atoms with Crippen molar-refractivity contribution in [1.29, 1.82) is 0 Å². The molecule has 0 aliphatic carbocycles. The van der Waals surface area contributed by atoms with Crippen molar-refractivity contribution >= 4 is 23.6 Å². The van der Waals surface area contributed by atoms with Gasteiger partial charge in [0.15, 0.2) is 0 Å². The minimum atomic E-state index is -0.509. The number of carbonyl (C=O) groups is 2. The maximum atomic E-state index is 11.4. The van der Waals surface area contributed by atoms with Gasteiger partial charge >= 0.3 is 0 Å². The van der Waals surface area contributed by atoms with E-state index < -0.39 is 10.8 Å². The fourth-order valence-electron chi connectivity index (χ4n) is 1.45. The number of non-ortho nitro benzene ring substituents is 1. The Kier molecular flexibility index (Phi) is 6.55. The smallest absolute Gasteiger partial charge is 0.269 e. The number of hydroxylamine groups is 1. The summed E-state index contributed by atoms with van der Waals surface area (Å²) in [4.78, 5) is 32.1. The van der Waals surface area contributed by atoms with Crippen LogP contribution in [0.15, 0.2) is 30.3 Å². The maximum Gasteiger partial charge on any atom is 0.269 e. The second-order valence-corrected chi connectivity index (χ2v) is 4.11. The van der Waals surface area contributed by atoms with Crippen LogP contribution in [0.1, 0.15) is 18.4 Å². The molecule has 8 heteroatoms. The first-order valence-corrected chi connectivity index (χ1v) is 6.16. The third-order valence-corrected chi connectivity index (χ3v) is 2.54. The first-order chi connectivity index (χ1) is 10.0. The van der Waals surface area contributed by atoms with Crippen molar-refractivity contribution in [3.63, 3.8) is 0 Å². The predicted octanol–water partition coefficient (Wildman–Crippen LogP) is 1.01. The van der Waals surface area contributed by atoms with Crippen LogP contribution >= 0.6 is 0 Å². The highest BCUT2D eigenvalue weighted by atomic mass is 16.6. The van der Waals surface area contributed by atoms with Gasteiger partial charge in [-0.15, -0.1) is 0 Å². The number of benzene rings is 1. The van der Waals surface area contributed by atoms with Gasteiger partial charge in [0.1, 0.15) is 0 Å². The molecule has 0 fully saturated rings. The molecule has 0 aliphatic heterocycles. The Morgan fingerprint density at radius 2 is 1.95 bits per heavy atom. The maximum absolute atomic E-state index is 11.4. The first kappa shape index (κ1) is 16.3. The molecule has 0 heterocycles. The highest BCUT2D eigenvalue weighted by molar-refractivity contribution is 5.91. The molecule has 0 spiro atoms. The van der Waals surface area contributed by atoms with Gasteiger partial charge < -0.3 is 5.32 Å². The van der Waals surface area contributed by atoms with Gasteiger partial charge in [-0.1, -0.05) is 0 Å². The number of hydrogen-bond donors (Lipinski definition) is 3. The van der Waals surface area contributed by atoms with Crippen LogP contribution in [-0.2, 0) is 9.59 Å². The summed E-state index contributed by atoms with van der Waals surface area (Å²) in [7, 11) is 0. The number of rotatable bonds is 7. The number of nitrogens with zero attached hydrogens (tertiary/aromatic N) is 1. The molecule has 1 aromatic carbocycles. The molecule has 21 heavy (non-hydrogen) atoms. The SMILES string of the molecule is O=C(C=Cc1ccc([N+](=O)[O-])cc1)NCCCC(=O)NO. The fraction of sp³-hybridized carbons (Fsp3) is 0.231. The highest BCUT2D eigenvalue weighted by Crippen LogP contribution is 2.12. The molecule has 0 radical (unpaired) electrons. The predicted molar refractivity (Wildman–Crippen MR) is 74.3 cm³/mol. The van der Waals surface area contributed by atoms with Crippen molar-refractivity contribution in [3.8, 4) is 0 Å². The fourth-order valence-corrected chi connectivity index (χ4v) is 1.45. The minimum Gasteiger partial charge on any atom is -0.353 e. The molecule has 112 valence electrons. The lowest BCUT2D eigenvalue weighted by Crippen LogP contribution is -2.24. The van der Waals surface area contributed by atoms with E-state index in [0.717, 1.165) is 0 Å². The monoisotopic (exact) mass is 293 g/mol. The molecule has 8 nitrogen and oxygen atoms in total. The Hall–Kier alpha value is -2.74. The number of hydrogen-bond acceptors (Lipinski definition) is 5. The number of nitro groups is 1. The molecule has 1 rings (SSSR count). The number of carbonyl (C=O) groups excluding carboxylic acids is 2. The van der Waals surface area contributed by atoms with Crippen LogP contribution in [0.4, 0.5) is 5.69 Å². The molecule has 1 aromatic rings. The van der Waals surface area contributed by atoms with Crippen molar-refractivity contribution < 1.29 is 19.7 Å². The Bertz CT molecular complexity index is 539. The summed E-state index contributed by atoms with van der Waals surface area (Å²) in [5, 5.41) is 21.3. The summed E-state index contributed by atoms with van der Waals surface area (Å²) >= 11 is 0. The molecule has 0 atom stereocenters. The van der Waals surface area contributed by atoms with E-state index in [1.165, 1.54) is 41.9 Å². The summed E-state index contributed by atoms with van der Waals surface area (Å²) in [6.45, 7) is 0.302. The van der Waals surface area contributed by atoms with Gasteiger partial charge in [0.05, 0.1) is 4.92 Å². The minimum absolute atomic E-state index is 0.0150. The molecule has 0 saturated heterocycles. The van der Waals surface area contributed by atoms with Crippen LogP contribution in [0.3, 0.4) is 0 Å². The zero-order valence-electron chi connectivity index (χ0n) is 11.1. The van der Waals surface area contributed by atoms with Gasteiger partial charge in [-0.3, -0.25) is 24.9 Å². The van der Waals surface area contributed by atoms with E-state index in [-0.39, 0.29) is 18.0 Å². The van der Waals surface area contributed by atoms with Crippen molar-refractivity contribution in [2.24, 2.45) is 0 Å². The Labute approximate surface area is 120 Å². The average Bonchev–Trinajstić information content (AvgIpc) is 2.49. The van der Waals surface area contributed by atoms with E-state index in [4.69, 9.17) is 5.21 Å². The summed E-state index contributed by atoms with van der Waals surface area (Å²) in [5.74, 6) is -0.844. The van der Waals surface area contributed by atoms with E-state index in [0.29, 0.717) is 18.5 Å². The zero-order valence-corrected chi connectivity index (χ0v) is 11.1. The quantitative estimate of drug-likeness (QED) is 0.228. The largest absolute Gasteiger partial charge is 0.353 e. The highest BCUT2D eigenvalue weighted by Gasteiger charge is 2.03. The molecule has 0 unspecified atom stereocenters. The second-order valence-electron chi connectivity index (χ2n) is 4.11. The third kappa shape index (κ3) is 6.30. The lowest BCUT2D eigenvalue weighted by atomic mass is 10.2. The molecule has 2 amide bonds. The number of nitrogens with one attached hydrogen (secondary N) is 2. The van der Waals surface area contributed by atoms with Crippen molar-refractivity contribution in [3.05, 3.63) is 46.0 Å². The van der Waals surface area contributed by atoms with Crippen LogP contribution in [0.25, 0.3) is 6.08 Å². The molecule has 0 saturated carbocycles. The summed E-state index contributed by atoms with van der Waals surface area (Å²) in [6, 6.07) is 5.77. The standard InChI is InChI=1S/C13H15N3O5/c17-12(14-9-1-2-13(18)15-19)8-5-10-3-6-11(7-4-10)16(20)21/h3-8,19H,1-2,9H2,(H,14,17)(H,15,18). The normalized spacial score (nSPS) is 10.3. The van der Waals surface area contributed by atoms with Crippen molar-refractivity contribution in [1.82, 2.24) is 10.8 Å². The zero-order chi connectivity index (χ0) is 15.7. The van der Waals surface area contributed by atoms with Crippen molar-refractivity contribution in [2.75, 3.05) is 6.54 Å². The van der Waals surface area contributed by atoms with Gasteiger partial charge in [0.25, 0.3) is 5.69 Å². The third-order valence-electron chi connectivity index (χ3n) is 2.54. The summed E-state index contributed by atoms with van der Waals surface area (Å²) in [6.07, 6.45) is 3.35. The molecule has 3 N–H and O–H groups in total.